The van der Waals surface area contributed by atoms with Crippen molar-refractivity contribution in [3.63, 3.8) is 0 Å². The summed E-state index contributed by atoms with van der Waals surface area (Å²) in [6.07, 6.45) is 0.693. The largest absolute Gasteiger partial charge is 0.481 e. The van der Waals surface area contributed by atoms with Crippen LogP contribution in [0.15, 0.2) is 53.0 Å². The van der Waals surface area contributed by atoms with Crippen molar-refractivity contribution in [3.05, 3.63) is 69.2 Å². The molecule has 2 nitrogen and oxygen atoms in total. The predicted molar refractivity (Wildman–Crippen MR) is 90.3 cm³/mol. The van der Waals surface area contributed by atoms with Gasteiger partial charge in [-0.15, -0.1) is 0 Å². The fourth-order valence-corrected chi connectivity index (χ4v) is 3.01. The smallest absolute Gasteiger partial charge is 0.217 e. The minimum atomic E-state index is 0.634. The first-order valence-electron chi connectivity index (χ1n) is 6.54. The van der Waals surface area contributed by atoms with Gasteiger partial charge in [0, 0.05) is 26.9 Å². The van der Waals surface area contributed by atoms with Gasteiger partial charge in [-0.05, 0) is 39.7 Å². The highest BCUT2D eigenvalue weighted by Crippen LogP contribution is 2.30. The molecule has 3 aromatic rings. The van der Waals surface area contributed by atoms with Gasteiger partial charge in [-0.25, -0.2) is 4.98 Å². The number of para-hydroxylation sites is 1. The summed E-state index contributed by atoms with van der Waals surface area (Å²) in [7, 11) is 1.64. The molecule has 1 aromatic heterocycles. The first kappa shape index (κ1) is 14.4. The van der Waals surface area contributed by atoms with Crippen molar-refractivity contribution in [3.8, 4) is 5.88 Å². The summed E-state index contributed by atoms with van der Waals surface area (Å²) in [5.74, 6) is 0.634. The third-order valence-corrected chi connectivity index (χ3v) is 4.38. The summed E-state index contributed by atoms with van der Waals surface area (Å²) in [6.45, 7) is 0. The van der Waals surface area contributed by atoms with Crippen molar-refractivity contribution in [1.29, 1.82) is 0 Å². The Kier molecular flexibility index (Phi) is 4.13. The van der Waals surface area contributed by atoms with Crippen LogP contribution in [0.5, 0.6) is 5.88 Å². The molecule has 0 bridgehead atoms. The highest BCUT2D eigenvalue weighted by atomic mass is 79.9. The lowest BCUT2D eigenvalue weighted by atomic mass is 10.0. The molecule has 0 N–H and O–H groups in total. The summed E-state index contributed by atoms with van der Waals surface area (Å²) < 4.78 is 6.41. The van der Waals surface area contributed by atoms with Crippen LogP contribution in [0.1, 0.15) is 11.1 Å². The van der Waals surface area contributed by atoms with Gasteiger partial charge in [0.15, 0.2) is 0 Å². The molecule has 0 unspecified atom stereocenters. The van der Waals surface area contributed by atoms with Gasteiger partial charge in [-0.3, -0.25) is 0 Å². The van der Waals surface area contributed by atoms with E-state index in [9.17, 15) is 0 Å². The topological polar surface area (TPSA) is 22.1 Å². The summed E-state index contributed by atoms with van der Waals surface area (Å²) in [5, 5.41) is 1.83. The SMILES string of the molecule is COc1nc2c(Br)cccc2cc1Cc1ccccc1Cl. The van der Waals surface area contributed by atoms with Crippen molar-refractivity contribution < 1.29 is 4.74 Å². The molecule has 2 aromatic carbocycles. The van der Waals surface area contributed by atoms with Crippen LogP contribution in [0.4, 0.5) is 0 Å². The van der Waals surface area contributed by atoms with E-state index in [0.717, 1.165) is 31.5 Å². The second kappa shape index (κ2) is 6.04. The Balaban J connectivity index is 2.11. The molecule has 4 heteroatoms. The molecule has 0 fully saturated rings. The van der Waals surface area contributed by atoms with E-state index in [1.165, 1.54) is 0 Å². The molecule has 0 atom stereocenters. The lowest BCUT2D eigenvalue weighted by Gasteiger charge is -2.11. The van der Waals surface area contributed by atoms with Crippen LogP contribution in [0, 0.1) is 0 Å². The molecule has 0 aliphatic heterocycles. The number of halogens is 2. The molecular weight excluding hydrogens is 350 g/mol. The third-order valence-electron chi connectivity index (χ3n) is 3.37. The number of fused-ring (bicyclic) bond motifs is 1. The Morgan fingerprint density at radius 3 is 2.67 bits per heavy atom. The molecule has 1 heterocycles. The standard InChI is InChI=1S/C17H13BrClNO/c1-21-17-13(9-11-5-2-3-8-15(11)19)10-12-6-4-7-14(18)16(12)20-17/h2-8,10H,9H2,1H3. The Labute approximate surface area is 136 Å². The van der Waals surface area contributed by atoms with E-state index in [1.54, 1.807) is 7.11 Å². The molecule has 0 saturated heterocycles. The quantitative estimate of drug-likeness (QED) is 0.635. The van der Waals surface area contributed by atoms with Crippen LogP contribution in [-0.4, -0.2) is 12.1 Å². The molecule has 106 valence electrons. The highest BCUT2D eigenvalue weighted by Gasteiger charge is 2.11. The molecule has 3 rings (SSSR count). The van der Waals surface area contributed by atoms with Crippen LogP contribution < -0.4 is 4.74 Å². The van der Waals surface area contributed by atoms with E-state index in [4.69, 9.17) is 16.3 Å². The number of pyridine rings is 1. The van der Waals surface area contributed by atoms with Crippen LogP contribution in [0.2, 0.25) is 5.02 Å². The normalized spacial score (nSPS) is 10.8. The summed E-state index contributed by atoms with van der Waals surface area (Å²) in [6, 6.07) is 16.0. The molecule has 0 amide bonds. The van der Waals surface area contributed by atoms with E-state index in [1.807, 2.05) is 42.5 Å². The molecule has 21 heavy (non-hydrogen) atoms. The van der Waals surface area contributed by atoms with E-state index < -0.39 is 0 Å². The van der Waals surface area contributed by atoms with Crippen molar-refractivity contribution in [2.75, 3.05) is 7.11 Å². The van der Waals surface area contributed by atoms with Gasteiger partial charge in [0.05, 0.1) is 12.6 Å². The number of hydrogen-bond acceptors (Lipinski definition) is 2. The molecule has 0 aliphatic carbocycles. The maximum Gasteiger partial charge on any atom is 0.217 e. The lowest BCUT2D eigenvalue weighted by molar-refractivity contribution is 0.395. The average molecular weight is 363 g/mol. The van der Waals surface area contributed by atoms with E-state index in [-0.39, 0.29) is 0 Å². The fourth-order valence-electron chi connectivity index (χ4n) is 2.34. The minimum Gasteiger partial charge on any atom is -0.481 e. The second-order valence-electron chi connectivity index (χ2n) is 4.74. The first-order valence-corrected chi connectivity index (χ1v) is 7.71. The number of methoxy groups -OCH3 is 1. The number of aromatic nitrogens is 1. The summed E-state index contributed by atoms with van der Waals surface area (Å²) in [5.41, 5.74) is 2.99. The number of nitrogens with zero attached hydrogens (tertiary/aromatic N) is 1. The average Bonchev–Trinajstić information content (AvgIpc) is 2.49. The zero-order valence-electron chi connectivity index (χ0n) is 11.4. The van der Waals surface area contributed by atoms with Crippen molar-refractivity contribution in [2.24, 2.45) is 0 Å². The van der Waals surface area contributed by atoms with Gasteiger partial charge < -0.3 is 4.74 Å². The van der Waals surface area contributed by atoms with Crippen LogP contribution in [0.25, 0.3) is 10.9 Å². The molecular formula is C17H13BrClNO. The summed E-state index contributed by atoms with van der Waals surface area (Å²) >= 11 is 9.77. The number of hydrogen-bond donors (Lipinski definition) is 0. The lowest BCUT2D eigenvalue weighted by Crippen LogP contribution is -1.98. The van der Waals surface area contributed by atoms with Gasteiger partial charge >= 0.3 is 0 Å². The molecule has 0 saturated carbocycles. The van der Waals surface area contributed by atoms with Crippen LogP contribution in [-0.2, 0) is 6.42 Å². The highest BCUT2D eigenvalue weighted by molar-refractivity contribution is 9.10. The minimum absolute atomic E-state index is 0.634. The molecule has 0 radical (unpaired) electrons. The van der Waals surface area contributed by atoms with Crippen LogP contribution in [0.3, 0.4) is 0 Å². The van der Waals surface area contributed by atoms with Crippen molar-refractivity contribution in [1.82, 2.24) is 4.98 Å². The number of ether oxygens (including phenoxy) is 1. The molecule has 0 aliphatic rings. The van der Waals surface area contributed by atoms with Crippen molar-refractivity contribution in [2.45, 2.75) is 6.42 Å². The Bertz CT molecular complexity index is 804. The Morgan fingerprint density at radius 1 is 1.10 bits per heavy atom. The predicted octanol–water partition coefficient (Wildman–Crippen LogP) is 5.25. The first-order chi connectivity index (χ1) is 10.2. The van der Waals surface area contributed by atoms with Gasteiger partial charge in [-0.2, -0.15) is 0 Å². The zero-order valence-corrected chi connectivity index (χ0v) is 13.8. The van der Waals surface area contributed by atoms with E-state index in [0.29, 0.717) is 12.3 Å². The van der Waals surface area contributed by atoms with Gasteiger partial charge in [-0.1, -0.05) is 41.9 Å². The second-order valence-corrected chi connectivity index (χ2v) is 6.00. The third kappa shape index (κ3) is 2.89. The van der Waals surface area contributed by atoms with E-state index in [2.05, 4.69) is 27.0 Å². The maximum atomic E-state index is 6.24. The monoisotopic (exact) mass is 361 g/mol. The zero-order chi connectivity index (χ0) is 14.8. The fraction of sp³-hybridized carbons (Fsp3) is 0.118. The van der Waals surface area contributed by atoms with Crippen molar-refractivity contribution >= 4 is 38.4 Å². The Morgan fingerprint density at radius 2 is 1.90 bits per heavy atom. The Hall–Kier alpha value is -1.58. The number of benzene rings is 2. The van der Waals surface area contributed by atoms with Gasteiger partial charge in [0.1, 0.15) is 0 Å². The summed E-state index contributed by atoms with van der Waals surface area (Å²) in [4.78, 5) is 4.61. The number of rotatable bonds is 3. The van der Waals surface area contributed by atoms with Gasteiger partial charge in [0.25, 0.3) is 0 Å². The maximum absolute atomic E-state index is 6.24. The van der Waals surface area contributed by atoms with Gasteiger partial charge in [0.2, 0.25) is 5.88 Å². The van der Waals surface area contributed by atoms with E-state index >= 15 is 0 Å². The molecule has 0 spiro atoms. The van der Waals surface area contributed by atoms with Crippen LogP contribution >= 0.6 is 27.5 Å².